The number of aliphatic hydroxyl groups excluding tert-OH is 1. The summed E-state index contributed by atoms with van der Waals surface area (Å²) in [6, 6.07) is 4.12. The first-order valence-electron chi connectivity index (χ1n) is 6.16. The Bertz CT molecular complexity index is 533. The molecule has 0 saturated heterocycles. The summed E-state index contributed by atoms with van der Waals surface area (Å²) in [6.07, 6.45) is -1.14. The van der Waals surface area contributed by atoms with Crippen LogP contribution in [-0.2, 0) is 16.0 Å². The Balaban J connectivity index is 0.000000626. The van der Waals surface area contributed by atoms with Gasteiger partial charge in [0.25, 0.3) is 0 Å². The molecule has 0 bridgehead atoms. The van der Waals surface area contributed by atoms with Crippen molar-refractivity contribution in [3.05, 3.63) is 23.8 Å². The number of nitrogens with two attached hydrogens (primary N) is 1. The van der Waals surface area contributed by atoms with Gasteiger partial charge in [-0.25, -0.2) is 10.2 Å². The van der Waals surface area contributed by atoms with Crippen LogP contribution in [0, 0.1) is 0 Å². The fourth-order valence-electron chi connectivity index (χ4n) is 1.28. The van der Waals surface area contributed by atoms with Gasteiger partial charge in [-0.15, -0.1) is 0 Å². The summed E-state index contributed by atoms with van der Waals surface area (Å²) < 4.78 is 0. The third-order valence-electron chi connectivity index (χ3n) is 2.75. The summed E-state index contributed by atoms with van der Waals surface area (Å²) in [4.78, 5) is 20.4. The van der Waals surface area contributed by atoms with E-state index in [2.05, 4.69) is 5.43 Å². The van der Waals surface area contributed by atoms with E-state index in [1.54, 1.807) is 0 Å². The highest BCUT2D eigenvalue weighted by Crippen LogP contribution is 2.26. The molecule has 0 aliphatic carbocycles. The summed E-state index contributed by atoms with van der Waals surface area (Å²) in [7, 11) is 0. The minimum absolute atomic E-state index is 0.0900. The van der Waals surface area contributed by atoms with Crippen molar-refractivity contribution in [3.63, 3.8) is 0 Å². The van der Waals surface area contributed by atoms with Crippen LogP contribution in [0.1, 0.15) is 19.4 Å². The van der Waals surface area contributed by atoms with Gasteiger partial charge in [0.1, 0.15) is 11.6 Å². The van der Waals surface area contributed by atoms with Gasteiger partial charge >= 0.3 is 11.9 Å². The van der Waals surface area contributed by atoms with E-state index in [0.717, 1.165) is 0 Å². The zero-order valence-electron chi connectivity index (χ0n) is 12.1. The Hall–Kier alpha value is -2.36. The van der Waals surface area contributed by atoms with Gasteiger partial charge in [-0.1, -0.05) is 6.07 Å². The smallest absolute Gasteiger partial charge is 0.332 e. The Morgan fingerprint density at radius 1 is 1.27 bits per heavy atom. The van der Waals surface area contributed by atoms with Crippen LogP contribution >= 0.6 is 0 Å². The summed E-state index contributed by atoms with van der Waals surface area (Å²) in [5.41, 5.74) is 1.45. The first kappa shape index (κ1) is 19.6. The zero-order chi connectivity index (χ0) is 17.5. The number of carbonyl (C=O) groups is 2. The fourth-order valence-corrected chi connectivity index (χ4v) is 1.28. The molecule has 0 fully saturated rings. The number of aliphatic carboxylic acids is 2. The Labute approximate surface area is 126 Å². The lowest BCUT2D eigenvalue weighted by Crippen LogP contribution is -2.54. The van der Waals surface area contributed by atoms with E-state index < -0.39 is 23.6 Å². The lowest BCUT2D eigenvalue weighted by molar-refractivity contribution is -0.145. The molecule has 0 aliphatic rings. The molecule has 0 aliphatic heterocycles. The molecule has 0 heterocycles. The minimum Gasteiger partial charge on any atom is -0.504 e. The lowest BCUT2D eigenvalue weighted by Gasteiger charge is -2.23. The number of aliphatic hydroxyl groups is 1. The van der Waals surface area contributed by atoms with Gasteiger partial charge < -0.3 is 25.5 Å². The monoisotopic (exact) mass is 316 g/mol. The van der Waals surface area contributed by atoms with E-state index in [-0.39, 0.29) is 17.9 Å². The van der Waals surface area contributed by atoms with Gasteiger partial charge in [-0.2, -0.15) is 0 Å². The maximum absolute atomic E-state index is 11.0. The first-order chi connectivity index (χ1) is 10.0. The molecule has 8 N–H and O–H groups in total. The van der Waals surface area contributed by atoms with Crippen molar-refractivity contribution in [2.75, 3.05) is 0 Å². The van der Waals surface area contributed by atoms with Crippen LogP contribution in [0.5, 0.6) is 11.5 Å². The van der Waals surface area contributed by atoms with Gasteiger partial charge in [0, 0.05) is 6.42 Å². The Morgan fingerprint density at radius 2 is 1.77 bits per heavy atom. The second-order valence-electron chi connectivity index (χ2n) is 4.80. The van der Waals surface area contributed by atoms with Crippen LogP contribution in [0.3, 0.4) is 0 Å². The molecular formula is C13H20N2O7. The SMILES string of the molecule is CC(O)C(=O)O.C[C@@](Cc1ccc(O)c(O)c1)(NN)C(=O)O. The van der Waals surface area contributed by atoms with Crippen LogP contribution in [0.4, 0.5) is 0 Å². The van der Waals surface area contributed by atoms with E-state index in [1.165, 1.54) is 32.0 Å². The van der Waals surface area contributed by atoms with E-state index in [9.17, 15) is 14.7 Å². The number of hydrazine groups is 1. The van der Waals surface area contributed by atoms with E-state index in [4.69, 9.17) is 26.3 Å². The average molecular weight is 316 g/mol. The van der Waals surface area contributed by atoms with Crippen LogP contribution in [0.25, 0.3) is 0 Å². The largest absolute Gasteiger partial charge is 0.504 e. The molecule has 2 atom stereocenters. The molecule has 0 spiro atoms. The molecule has 22 heavy (non-hydrogen) atoms. The highest BCUT2D eigenvalue weighted by atomic mass is 16.4. The predicted octanol–water partition coefficient (Wildman–Crippen LogP) is -0.601. The quantitative estimate of drug-likeness (QED) is 0.212. The molecule has 0 radical (unpaired) electrons. The average Bonchev–Trinajstić information content (AvgIpc) is 2.43. The maximum Gasteiger partial charge on any atom is 0.332 e. The van der Waals surface area contributed by atoms with Gasteiger partial charge in [0.15, 0.2) is 11.5 Å². The highest BCUT2D eigenvalue weighted by molar-refractivity contribution is 5.78. The third-order valence-corrected chi connectivity index (χ3v) is 2.75. The zero-order valence-corrected chi connectivity index (χ0v) is 12.1. The molecule has 1 unspecified atom stereocenters. The number of aromatic hydroxyl groups is 2. The van der Waals surface area contributed by atoms with Crippen molar-refractivity contribution in [2.45, 2.75) is 31.9 Å². The summed E-state index contributed by atoms with van der Waals surface area (Å²) in [5.74, 6) is 2.36. The molecule has 1 aromatic rings. The van der Waals surface area contributed by atoms with E-state index >= 15 is 0 Å². The molecule has 0 aromatic heterocycles. The van der Waals surface area contributed by atoms with Crippen LogP contribution < -0.4 is 11.3 Å². The molecular weight excluding hydrogens is 296 g/mol. The number of hydrogen-bond acceptors (Lipinski definition) is 7. The minimum atomic E-state index is -1.32. The molecule has 124 valence electrons. The van der Waals surface area contributed by atoms with Crippen LogP contribution in [0.2, 0.25) is 0 Å². The number of benzene rings is 1. The van der Waals surface area contributed by atoms with Crippen LogP contribution in [-0.4, -0.2) is 49.1 Å². The molecule has 9 heteroatoms. The maximum atomic E-state index is 11.0. The van der Waals surface area contributed by atoms with Gasteiger partial charge in [0.2, 0.25) is 0 Å². The number of phenolic OH excluding ortho intramolecular Hbond substituents is 2. The van der Waals surface area contributed by atoms with Gasteiger partial charge in [-0.3, -0.25) is 10.6 Å². The van der Waals surface area contributed by atoms with Crippen LogP contribution in [0.15, 0.2) is 18.2 Å². The lowest BCUT2D eigenvalue weighted by atomic mass is 9.93. The number of carboxylic acid groups (broad SMARTS) is 2. The molecule has 1 rings (SSSR count). The fraction of sp³-hybridized carbons (Fsp3) is 0.385. The number of carboxylic acids is 2. The number of rotatable bonds is 5. The first-order valence-corrected chi connectivity index (χ1v) is 6.16. The van der Waals surface area contributed by atoms with E-state index in [1.807, 2.05) is 0 Å². The number of hydrogen-bond donors (Lipinski definition) is 7. The third kappa shape index (κ3) is 5.95. The normalized spacial score (nSPS) is 14.2. The van der Waals surface area contributed by atoms with Crippen molar-refractivity contribution in [2.24, 2.45) is 5.84 Å². The Morgan fingerprint density at radius 3 is 2.09 bits per heavy atom. The van der Waals surface area contributed by atoms with Crippen molar-refractivity contribution in [3.8, 4) is 11.5 Å². The summed E-state index contributed by atoms with van der Waals surface area (Å²) in [5, 5.41) is 43.1. The number of nitrogens with one attached hydrogen (secondary N) is 1. The van der Waals surface area contributed by atoms with E-state index in [0.29, 0.717) is 5.56 Å². The second kappa shape index (κ2) is 8.17. The predicted molar refractivity (Wildman–Crippen MR) is 76.2 cm³/mol. The van der Waals surface area contributed by atoms with Crippen molar-refractivity contribution in [1.29, 1.82) is 0 Å². The summed E-state index contributed by atoms with van der Waals surface area (Å²) >= 11 is 0. The molecule has 1 aromatic carbocycles. The Kier molecular flexibility index (Phi) is 7.30. The van der Waals surface area contributed by atoms with Crippen molar-refractivity contribution in [1.82, 2.24) is 5.43 Å². The van der Waals surface area contributed by atoms with Crippen molar-refractivity contribution < 1.29 is 35.1 Å². The van der Waals surface area contributed by atoms with Gasteiger partial charge in [-0.05, 0) is 31.5 Å². The van der Waals surface area contributed by atoms with Gasteiger partial charge in [0.05, 0.1) is 0 Å². The standard InChI is InChI=1S/C10H14N2O4.C3H6O3/c1-10(12-11,9(15)16)5-6-2-3-7(13)8(14)4-6;1-2(4)3(5)6/h2-4,12-14H,5,11H2,1H3,(H,15,16);2,4H,1H3,(H,5,6)/t10-;/m0./s1. The van der Waals surface area contributed by atoms with Crippen molar-refractivity contribution >= 4 is 11.9 Å². The molecule has 0 saturated carbocycles. The highest BCUT2D eigenvalue weighted by Gasteiger charge is 2.32. The summed E-state index contributed by atoms with van der Waals surface area (Å²) in [6.45, 7) is 2.63. The number of phenols is 2. The molecule has 0 amide bonds. The topological polar surface area (TPSA) is 173 Å². The molecule has 9 nitrogen and oxygen atoms in total. The second-order valence-corrected chi connectivity index (χ2v) is 4.80.